The van der Waals surface area contributed by atoms with E-state index in [1.54, 1.807) is 11.3 Å². The zero-order valence-electron chi connectivity index (χ0n) is 11.5. The molecule has 2 N–H and O–H groups in total. The highest BCUT2D eigenvalue weighted by Gasteiger charge is 2.08. The summed E-state index contributed by atoms with van der Waals surface area (Å²) >= 11 is 1.71. The third kappa shape index (κ3) is 3.05. The van der Waals surface area contributed by atoms with Gasteiger partial charge in [0.2, 0.25) is 0 Å². The first-order valence-corrected chi connectivity index (χ1v) is 7.58. The highest BCUT2D eigenvalue weighted by molar-refractivity contribution is 7.10. The molecule has 0 aliphatic carbocycles. The van der Waals surface area contributed by atoms with Gasteiger partial charge in [0.15, 0.2) is 0 Å². The molecule has 0 saturated carbocycles. The molecule has 3 aromatic rings. The Morgan fingerprint density at radius 2 is 2.05 bits per heavy atom. The molecule has 104 valence electrons. The van der Waals surface area contributed by atoms with Crippen LogP contribution in [0.5, 0.6) is 0 Å². The standard InChI is InChI=1S/C17H15N3S/c18-9-4-7-14-8-12-21-16(14)13-20-11-10-19-17(20)15-5-2-1-3-6-15/h1-3,5-6,8,10-12H,9,13,18H2. The first kappa shape index (κ1) is 13.6. The second-order valence-corrected chi connectivity index (χ2v) is 5.51. The lowest BCUT2D eigenvalue weighted by Crippen LogP contribution is -2.01. The van der Waals surface area contributed by atoms with Gasteiger partial charge in [-0.15, -0.1) is 11.3 Å². The fourth-order valence-electron chi connectivity index (χ4n) is 2.16. The fourth-order valence-corrected chi connectivity index (χ4v) is 2.99. The Morgan fingerprint density at radius 3 is 2.86 bits per heavy atom. The predicted octanol–water partition coefficient (Wildman–Crippen LogP) is 2.97. The summed E-state index contributed by atoms with van der Waals surface area (Å²) in [5.41, 5.74) is 7.62. The van der Waals surface area contributed by atoms with Crippen molar-refractivity contribution in [2.45, 2.75) is 6.54 Å². The van der Waals surface area contributed by atoms with Gasteiger partial charge >= 0.3 is 0 Å². The van der Waals surface area contributed by atoms with E-state index in [0.29, 0.717) is 6.54 Å². The van der Waals surface area contributed by atoms with E-state index in [-0.39, 0.29) is 0 Å². The summed E-state index contributed by atoms with van der Waals surface area (Å²) in [5.74, 6) is 7.02. The smallest absolute Gasteiger partial charge is 0.140 e. The van der Waals surface area contributed by atoms with Crippen LogP contribution in [0.2, 0.25) is 0 Å². The summed E-state index contributed by atoms with van der Waals surface area (Å²) in [7, 11) is 0. The van der Waals surface area contributed by atoms with E-state index in [2.05, 4.69) is 38.9 Å². The average Bonchev–Trinajstić information content (AvgIpc) is 3.16. The molecule has 3 nitrogen and oxygen atoms in total. The zero-order chi connectivity index (χ0) is 14.5. The van der Waals surface area contributed by atoms with E-state index < -0.39 is 0 Å². The molecule has 0 atom stereocenters. The van der Waals surface area contributed by atoms with Gasteiger partial charge in [-0.25, -0.2) is 4.98 Å². The van der Waals surface area contributed by atoms with Crippen molar-refractivity contribution >= 4 is 11.3 Å². The Labute approximate surface area is 128 Å². The lowest BCUT2D eigenvalue weighted by molar-refractivity contribution is 0.818. The molecule has 1 aromatic carbocycles. The third-order valence-electron chi connectivity index (χ3n) is 3.13. The summed E-state index contributed by atoms with van der Waals surface area (Å²) in [6, 6.07) is 12.2. The van der Waals surface area contributed by atoms with Gasteiger partial charge in [0.25, 0.3) is 0 Å². The molecule has 0 aliphatic rings. The topological polar surface area (TPSA) is 43.8 Å². The first-order valence-electron chi connectivity index (χ1n) is 6.70. The Balaban J connectivity index is 1.90. The molecular weight excluding hydrogens is 278 g/mol. The van der Waals surface area contributed by atoms with Gasteiger partial charge in [-0.2, -0.15) is 0 Å². The Kier molecular flexibility index (Phi) is 4.15. The van der Waals surface area contributed by atoms with Gasteiger partial charge in [-0.3, -0.25) is 0 Å². The van der Waals surface area contributed by atoms with Crippen molar-refractivity contribution in [3.63, 3.8) is 0 Å². The molecule has 21 heavy (non-hydrogen) atoms. The minimum atomic E-state index is 0.385. The second-order valence-electron chi connectivity index (χ2n) is 4.51. The number of nitrogens with zero attached hydrogens (tertiary/aromatic N) is 2. The monoisotopic (exact) mass is 293 g/mol. The zero-order valence-corrected chi connectivity index (χ0v) is 12.3. The van der Waals surface area contributed by atoms with Crippen LogP contribution in [0.3, 0.4) is 0 Å². The van der Waals surface area contributed by atoms with E-state index in [4.69, 9.17) is 5.73 Å². The predicted molar refractivity (Wildman–Crippen MR) is 87.0 cm³/mol. The first-order chi connectivity index (χ1) is 10.4. The van der Waals surface area contributed by atoms with E-state index in [0.717, 1.165) is 23.5 Å². The normalized spacial score (nSPS) is 10.1. The molecule has 0 spiro atoms. The Hall–Kier alpha value is -2.35. The average molecular weight is 293 g/mol. The number of rotatable bonds is 3. The molecule has 0 aliphatic heterocycles. The molecule has 3 rings (SSSR count). The van der Waals surface area contributed by atoms with Crippen LogP contribution in [-0.4, -0.2) is 16.1 Å². The summed E-state index contributed by atoms with van der Waals surface area (Å²) in [4.78, 5) is 5.70. The van der Waals surface area contributed by atoms with Crippen molar-refractivity contribution in [3.05, 3.63) is 64.6 Å². The number of hydrogen-bond donors (Lipinski definition) is 1. The summed E-state index contributed by atoms with van der Waals surface area (Å²) in [5, 5.41) is 2.06. The summed E-state index contributed by atoms with van der Waals surface area (Å²) < 4.78 is 2.15. The minimum Gasteiger partial charge on any atom is -0.326 e. The molecular formula is C17H15N3S. The summed E-state index contributed by atoms with van der Waals surface area (Å²) in [6.45, 7) is 1.16. The van der Waals surface area contributed by atoms with E-state index in [9.17, 15) is 0 Å². The minimum absolute atomic E-state index is 0.385. The maximum atomic E-state index is 5.45. The van der Waals surface area contributed by atoms with Crippen LogP contribution < -0.4 is 5.73 Å². The van der Waals surface area contributed by atoms with Gasteiger partial charge in [-0.05, 0) is 11.4 Å². The van der Waals surface area contributed by atoms with E-state index in [1.165, 1.54) is 4.88 Å². The molecule has 0 amide bonds. The van der Waals surface area contributed by atoms with Gasteiger partial charge in [0.1, 0.15) is 5.82 Å². The van der Waals surface area contributed by atoms with Gasteiger partial charge < -0.3 is 10.3 Å². The van der Waals surface area contributed by atoms with Crippen LogP contribution in [0.25, 0.3) is 11.4 Å². The molecule has 0 bridgehead atoms. The van der Waals surface area contributed by atoms with Crippen molar-refractivity contribution in [3.8, 4) is 23.2 Å². The number of aromatic nitrogens is 2. The number of nitrogens with two attached hydrogens (primary N) is 1. The van der Waals surface area contributed by atoms with Crippen LogP contribution in [0.15, 0.2) is 54.2 Å². The highest BCUT2D eigenvalue weighted by Crippen LogP contribution is 2.22. The van der Waals surface area contributed by atoms with Crippen molar-refractivity contribution < 1.29 is 0 Å². The quantitative estimate of drug-likeness (QED) is 0.755. The molecule has 2 heterocycles. The molecule has 0 radical (unpaired) electrons. The molecule has 0 fully saturated rings. The number of imidazole rings is 1. The number of benzene rings is 1. The molecule has 0 saturated heterocycles. The largest absolute Gasteiger partial charge is 0.326 e. The molecule has 0 unspecified atom stereocenters. The van der Waals surface area contributed by atoms with Crippen molar-refractivity contribution in [2.24, 2.45) is 5.73 Å². The van der Waals surface area contributed by atoms with Crippen LogP contribution >= 0.6 is 11.3 Å². The van der Waals surface area contributed by atoms with Gasteiger partial charge in [0.05, 0.1) is 13.1 Å². The van der Waals surface area contributed by atoms with E-state index >= 15 is 0 Å². The van der Waals surface area contributed by atoms with Crippen molar-refractivity contribution in [2.75, 3.05) is 6.54 Å². The second kappa shape index (κ2) is 6.40. The number of thiophene rings is 1. The molecule has 4 heteroatoms. The number of hydrogen-bond acceptors (Lipinski definition) is 3. The van der Waals surface area contributed by atoms with Crippen molar-refractivity contribution in [1.82, 2.24) is 9.55 Å². The SMILES string of the molecule is NCC#Cc1ccsc1Cn1ccnc1-c1ccccc1. The highest BCUT2D eigenvalue weighted by atomic mass is 32.1. The summed E-state index contributed by atoms with van der Waals surface area (Å²) in [6.07, 6.45) is 3.84. The Morgan fingerprint density at radius 1 is 1.19 bits per heavy atom. The van der Waals surface area contributed by atoms with Crippen LogP contribution in [0.1, 0.15) is 10.4 Å². The fraction of sp³-hybridized carbons (Fsp3) is 0.118. The van der Waals surface area contributed by atoms with Gasteiger partial charge in [-0.1, -0.05) is 42.2 Å². The van der Waals surface area contributed by atoms with Crippen molar-refractivity contribution in [1.29, 1.82) is 0 Å². The maximum absolute atomic E-state index is 5.45. The lowest BCUT2D eigenvalue weighted by atomic mass is 10.2. The van der Waals surface area contributed by atoms with Crippen LogP contribution in [-0.2, 0) is 6.54 Å². The van der Waals surface area contributed by atoms with Crippen LogP contribution in [0.4, 0.5) is 0 Å². The van der Waals surface area contributed by atoms with Crippen LogP contribution in [0, 0.1) is 11.8 Å². The molecule has 2 aromatic heterocycles. The van der Waals surface area contributed by atoms with Gasteiger partial charge in [0, 0.05) is 28.4 Å². The third-order valence-corrected chi connectivity index (χ3v) is 4.04. The maximum Gasteiger partial charge on any atom is 0.140 e. The lowest BCUT2D eigenvalue weighted by Gasteiger charge is -2.07. The Bertz CT molecular complexity index is 775. The van der Waals surface area contributed by atoms with E-state index in [1.807, 2.05) is 36.7 Å².